The van der Waals surface area contributed by atoms with Crippen molar-refractivity contribution in [2.75, 3.05) is 0 Å². The number of hydrogen-bond acceptors (Lipinski definition) is 4. The Bertz CT molecular complexity index is 1370. The van der Waals surface area contributed by atoms with Crippen molar-refractivity contribution < 1.29 is 4.74 Å². The van der Waals surface area contributed by atoms with Crippen LogP contribution in [0.1, 0.15) is 58.2 Å². The average Bonchev–Trinajstić information content (AvgIpc) is 2.78. The predicted molar refractivity (Wildman–Crippen MR) is 134 cm³/mol. The van der Waals surface area contributed by atoms with Gasteiger partial charge in [-0.05, 0) is 51.6 Å². The first-order valence-electron chi connectivity index (χ1n) is 11.2. The maximum absolute atomic E-state index is 9.72. The van der Waals surface area contributed by atoms with E-state index in [1.54, 1.807) is 6.07 Å². The molecule has 4 rings (SSSR count). The van der Waals surface area contributed by atoms with Gasteiger partial charge in [-0.3, -0.25) is 4.98 Å². The molecule has 0 amide bonds. The van der Waals surface area contributed by atoms with E-state index in [4.69, 9.17) is 9.72 Å². The van der Waals surface area contributed by atoms with Crippen LogP contribution in [0.5, 0.6) is 11.6 Å². The van der Waals surface area contributed by atoms with Gasteiger partial charge >= 0.3 is 0 Å². The largest absolute Gasteiger partial charge is 0.437 e. The van der Waals surface area contributed by atoms with E-state index in [9.17, 15) is 5.26 Å². The zero-order chi connectivity index (χ0) is 23.8. The molecule has 0 saturated heterocycles. The molecule has 166 valence electrons. The first-order chi connectivity index (χ1) is 15.6. The molecular formula is C29H29N3O. The molecule has 0 unspecified atom stereocenters. The minimum absolute atomic E-state index is 0.00328. The third-order valence-electron chi connectivity index (χ3n) is 5.76. The molecule has 2 heterocycles. The van der Waals surface area contributed by atoms with Crippen LogP contribution in [0.3, 0.4) is 0 Å². The molecule has 4 aromatic rings. The normalized spacial score (nSPS) is 11.9. The van der Waals surface area contributed by atoms with Crippen LogP contribution < -0.4 is 4.74 Å². The number of nitrogens with zero attached hydrogens (tertiary/aromatic N) is 3. The van der Waals surface area contributed by atoms with Crippen LogP contribution in [0, 0.1) is 11.3 Å². The van der Waals surface area contributed by atoms with E-state index >= 15 is 0 Å². The molecule has 2 aromatic carbocycles. The lowest BCUT2D eigenvalue weighted by molar-refractivity contribution is 0.463. The molecule has 0 bridgehead atoms. The highest BCUT2D eigenvalue weighted by atomic mass is 16.5. The van der Waals surface area contributed by atoms with Crippen molar-refractivity contribution in [3.05, 3.63) is 83.6 Å². The smallest absolute Gasteiger partial charge is 0.220 e. The van der Waals surface area contributed by atoms with Crippen LogP contribution >= 0.6 is 0 Å². The van der Waals surface area contributed by atoms with E-state index < -0.39 is 0 Å². The molecule has 0 aliphatic rings. The molecular weight excluding hydrogens is 406 g/mol. The summed E-state index contributed by atoms with van der Waals surface area (Å²) in [5, 5.41) is 11.6. The van der Waals surface area contributed by atoms with Gasteiger partial charge in [0.05, 0.1) is 17.0 Å². The number of aromatic nitrogens is 2. The lowest BCUT2D eigenvalue weighted by Gasteiger charge is -2.22. The summed E-state index contributed by atoms with van der Waals surface area (Å²) in [6.45, 7) is 13.0. The quantitative estimate of drug-likeness (QED) is 0.333. The standard InChI is InChI=1S/C29H29N3O/c1-28(2,3)21-13-14-31-24(15-21)25-16-22(29(4,5)6)17-26(32-25)33-27-20(18-30)12-11-19-9-7-8-10-23(19)27/h7-17H,1-6H3. The molecule has 0 aliphatic carbocycles. The Morgan fingerprint density at radius 3 is 2.18 bits per heavy atom. The second kappa shape index (κ2) is 8.33. The second-order valence-corrected chi connectivity index (χ2v) is 10.4. The highest BCUT2D eigenvalue weighted by Gasteiger charge is 2.21. The van der Waals surface area contributed by atoms with E-state index in [2.05, 4.69) is 64.7 Å². The Morgan fingerprint density at radius 2 is 1.48 bits per heavy atom. The number of pyridine rings is 2. The summed E-state index contributed by atoms with van der Waals surface area (Å²) in [5.41, 5.74) is 4.20. The number of hydrogen-bond donors (Lipinski definition) is 0. The molecule has 0 fully saturated rings. The topological polar surface area (TPSA) is 58.8 Å². The Labute approximate surface area is 195 Å². The van der Waals surface area contributed by atoms with E-state index in [0.29, 0.717) is 17.2 Å². The van der Waals surface area contributed by atoms with Crippen LogP contribution in [-0.2, 0) is 10.8 Å². The molecule has 0 aliphatic heterocycles. The zero-order valence-corrected chi connectivity index (χ0v) is 20.1. The van der Waals surface area contributed by atoms with Gasteiger partial charge in [0.2, 0.25) is 5.88 Å². The van der Waals surface area contributed by atoms with Crippen molar-refractivity contribution in [3.63, 3.8) is 0 Å². The Hall–Kier alpha value is -3.71. The van der Waals surface area contributed by atoms with Gasteiger partial charge in [0.25, 0.3) is 0 Å². The molecule has 0 radical (unpaired) electrons. The summed E-state index contributed by atoms with van der Waals surface area (Å²) in [6.07, 6.45) is 1.83. The van der Waals surface area contributed by atoms with Crippen molar-refractivity contribution >= 4 is 10.8 Å². The fraction of sp³-hybridized carbons (Fsp3) is 0.276. The van der Waals surface area contributed by atoms with E-state index in [1.807, 2.05) is 48.7 Å². The van der Waals surface area contributed by atoms with Crippen LogP contribution in [0.4, 0.5) is 0 Å². The highest BCUT2D eigenvalue weighted by Crippen LogP contribution is 2.36. The van der Waals surface area contributed by atoms with Gasteiger partial charge in [-0.2, -0.15) is 5.26 Å². The van der Waals surface area contributed by atoms with Gasteiger partial charge in [-0.15, -0.1) is 0 Å². The predicted octanol–water partition coefficient (Wildman–Crippen LogP) is 7.56. The maximum Gasteiger partial charge on any atom is 0.220 e. The fourth-order valence-electron chi connectivity index (χ4n) is 3.70. The van der Waals surface area contributed by atoms with Gasteiger partial charge in [0.1, 0.15) is 6.07 Å². The van der Waals surface area contributed by atoms with E-state index in [-0.39, 0.29) is 10.8 Å². The zero-order valence-electron chi connectivity index (χ0n) is 20.1. The number of benzene rings is 2. The van der Waals surface area contributed by atoms with Crippen molar-refractivity contribution in [2.24, 2.45) is 0 Å². The van der Waals surface area contributed by atoms with Crippen LogP contribution in [0.2, 0.25) is 0 Å². The summed E-state index contributed by atoms with van der Waals surface area (Å²) < 4.78 is 6.35. The maximum atomic E-state index is 9.72. The van der Waals surface area contributed by atoms with E-state index in [1.165, 1.54) is 5.56 Å². The number of rotatable bonds is 3. The molecule has 4 nitrogen and oxygen atoms in total. The first-order valence-corrected chi connectivity index (χ1v) is 11.2. The average molecular weight is 436 g/mol. The van der Waals surface area contributed by atoms with Crippen molar-refractivity contribution in [3.8, 4) is 29.1 Å². The third kappa shape index (κ3) is 4.73. The van der Waals surface area contributed by atoms with Gasteiger partial charge in [0.15, 0.2) is 5.75 Å². The SMILES string of the molecule is CC(C)(C)c1ccnc(-c2cc(C(C)(C)C)cc(Oc3c(C#N)ccc4ccccc34)n2)c1. The third-order valence-corrected chi connectivity index (χ3v) is 5.76. The van der Waals surface area contributed by atoms with Crippen LogP contribution in [0.25, 0.3) is 22.2 Å². The molecule has 0 N–H and O–H groups in total. The monoisotopic (exact) mass is 435 g/mol. The van der Waals surface area contributed by atoms with Crippen LogP contribution in [-0.4, -0.2) is 9.97 Å². The number of ether oxygens (including phenoxy) is 1. The molecule has 33 heavy (non-hydrogen) atoms. The van der Waals surface area contributed by atoms with Gasteiger partial charge in [-0.25, -0.2) is 4.98 Å². The second-order valence-electron chi connectivity index (χ2n) is 10.4. The molecule has 0 atom stereocenters. The highest BCUT2D eigenvalue weighted by molar-refractivity contribution is 5.90. The van der Waals surface area contributed by atoms with Gasteiger partial charge in [-0.1, -0.05) is 71.9 Å². The fourth-order valence-corrected chi connectivity index (χ4v) is 3.70. The lowest BCUT2D eigenvalue weighted by atomic mass is 9.86. The number of fused-ring (bicyclic) bond motifs is 1. The summed E-state index contributed by atoms with van der Waals surface area (Å²) in [4.78, 5) is 9.43. The molecule has 0 saturated carbocycles. The van der Waals surface area contributed by atoms with Crippen LogP contribution in [0.15, 0.2) is 66.9 Å². The number of nitriles is 1. The molecule has 2 aromatic heterocycles. The Kier molecular flexibility index (Phi) is 5.68. The molecule has 4 heteroatoms. The van der Waals surface area contributed by atoms with E-state index in [0.717, 1.165) is 27.7 Å². The Morgan fingerprint density at radius 1 is 0.788 bits per heavy atom. The van der Waals surface area contributed by atoms with Crippen molar-refractivity contribution in [1.82, 2.24) is 9.97 Å². The summed E-state index contributed by atoms with van der Waals surface area (Å²) in [7, 11) is 0. The summed E-state index contributed by atoms with van der Waals surface area (Å²) in [5.74, 6) is 0.977. The minimum atomic E-state index is -0.117. The summed E-state index contributed by atoms with van der Waals surface area (Å²) in [6, 6.07) is 22.1. The molecule has 0 spiro atoms. The van der Waals surface area contributed by atoms with Gasteiger partial charge in [0, 0.05) is 17.6 Å². The van der Waals surface area contributed by atoms with Crippen molar-refractivity contribution in [1.29, 1.82) is 5.26 Å². The van der Waals surface area contributed by atoms with Crippen molar-refractivity contribution in [2.45, 2.75) is 52.4 Å². The first kappa shape index (κ1) is 22.5. The lowest BCUT2D eigenvalue weighted by Crippen LogP contribution is -2.13. The summed E-state index contributed by atoms with van der Waals surface area (Å²) >= 11 is 0. The Balaban J connectivity index is 1.88. The minimum Gasteiger partial charge on any atom is -0.437 e. The van der Waals surface area contributed by atoms with Gasteiger partial charge < -0.3 is 4.74 Å².